The Bertz CT molecular complexity index is 671. The lowest BCUT2D eigenvalue weighted by Crippen LogP contribution is -1.86. The molecule has 0 bridgehead atoms. The topological polar surface area (TPSA) is 38.9 Å². The Morgan fingerprint density at radius 1 is 1.17 bits per heavy atom. The first-order chi connectivity index (χ1) is 8.74. The van der Waals surface area contributed by atoms with Crippen molar-refractivity contribution in [1.82, 2.24) is 10.1 Å². The van der Waals surface area contributed by atoms with E-state index in [9.17, 15) is 0 Å². The molecule has 0 unspecified atom stereocenters. The van der Waals surface area contributed by atoms with E-state index in [4.69, 9.17) is 4.52 Å². The van der Waals surface area contributed by atoms with Gasteiger partial charge in [0.1, 0.15) is 0 Å². The fourth-order valence-corrected chi connectivity index (χ4v) is 2.54. The van der Waals surface area contributed by atoms with Crippen molar-refractivity contribution in [2.75, 3.05) is 0 Å². The number of aryl methyl sites for hydroxylation is 2. The zero-order valence-electron chi connectivity index (χ0n) is 10.2. The normalized spacial score (nSPS) is 10.8. The van der Waals surface area contributed by atoms with E-state index in [1.54, 1.807) is 11.3 Å². The fraction of sp³-hybridized carbons (Fsp3) is 0.143. The summed E-state index contributed by atoms with van der Waals surface area (Å²) in [6, 6.07) is 10.2. The predicted molar refractivity (Wildman–Crippen MR) is 72.5 cm³/mol. The summed E-state index contributed by atoms with van der Waals surface area (Å²) in [6.07, 6.45) is 0. The lowest BCUT2D eigenvalue weighted by Gasteiger charge is -2.01. The molecule has 90 valence electrons. The van der Waals surface area contributed by atoms with Gasteiger partial charge in [-0.05, 0) is 30.9 Å². The predicted octanol–water partition coefficient (Wildman–Crippen LogP) is 4.08. The molecule has 2 heterocycles. The van der Waals surface area contributed by atoms with E-state index in [-0.39, 0.29) is 0 Å². The Kier molecular flexibility index (Phi) is 2.72. The Balaban J connectivity index is 2.03. The molecule has 0 aliphatic heterocycles. The minimum Gasteiger partial charge on any atom is -0.333 e. The SMILES string of the molecule is Cc1ccc(-c2noc(-c3cccs3)n2)c(C)c1. The van der Waals surface area contributed by atoms with Gasteiger partial charge >= 0.3 is 0 Å². The second kappa shape index (κ2) is 4.38. The number of benzene rings is 1. The van der Waals surface area contributed by atoms with Gasteiger partial charge in [-0.1, -0.05) is 35.0 Å². The molecule has 0 radical (unpaired) electrons. The molecule has 3 rings (SSSR count). The molecule has 0 N–H and O–H groups in total. The van der Waals surface area contributed by atoms with Crippen molar-refractivity contribution < 1.29 is 4.52 Å². The van der Waals surface area contributed by atoms with Crippen LogP contribution in [0, 0.1) is 13.8 Å². The average Bonchev–Trinajstić information content (AvgIpc) is 2.99. The smallest absolute Gasteiger partial charge is 0.268 e. The number of rotatable bonds is 2. The van der Waals surface area contributed by atoms with E-state index in [0.29, 0.717) is 11.7 Å². The Hall–Kier alpha value is -1.94. The summed E-state index contributed by atoms with van der Waals surface area (Å²) >= 11 is 1.59. The molecule has 2 aromatic heterocycles. The molecule has 0 aliphatic rings. The number of nitrogens with zero attached hydrogens (tertiary/aromatic N) is 2. The van der Waals surface area contributed by atoms with Crippen molar-refractivity contribution in [1.29, 1.82) is 0 Å². The third kappa shape index (κ3) is 1.95. The third-order valence-electron chi connectivity index (χ3n) is 2.78. The summed E-state index contributed by atoms with van der Waals surface area (Å²) in [5, 5.41) is 6.05. The summed E-state index contributed by atoms with van der Waals surface area (Å²) in [4.78, 5) is 5.44. The minimum absolute atomic E-state index is 0.583. The molecule has 0 aliphatic carbocycles. The van der Waals surface area contributed by atoms with Gasteiger partial charge in [0.25, 0.3) is 5.89 Å². The molecular formula is C14H12N2OS. The molecule has 3 nitrogen and oxygen atoms in total. The third-order valence-corrected chi connectivity index (χ3v) is 3.64. The van der Waals surface area contributed by atoms with Crippen LogP contribution in [-0.2, 0) is 0 Å². The zero-order chi connectivity index (χ0) is 12.5. The molecule has 0 amide bonds. The molecule has 4 heteroatoms. The Labute approximate surface area is 109 Å². The van der Waals surface area contributed by atoms with Crippen LogP contribution in [0.2, 0.25) is 0 Å². The van der Waals surface area contributed by atoms with E-state index in [1.165, 1.54) is 5.56 Å². The van der Waals surface area contributed by atoms with Crippen LogP contribution in [0.1, 0.15) is 11.1 Å². The van der Waals surface area contributed by atoms with Gasteiger partial charge in [0.05, 0.1) is 4.88 Å². The van der Waals surface area contributed by atoms with Gasteiger partial charge in [0.15, 0.2) is 0 Å². The first-order valence-electron chi connectivity index (χ1n) is 5.69. The maximum Gasteiger partial charge on any atom is 0.268 e. The van der Waals surface area contributed by atoms with Crippen LogP contribution in [0.3, 0.4) is 0 Å². The number of aromatic nitrogens is 2. The summed E-state index contributed by atoms with van der Waals surface area (Å²) in [5.41, 5.74) is 3.42. The van der Waals surface area contributed by atoms with Crippen molar-refractivity contribution >= 4 is 11.3 Å². The minimum atomic E-state index is 0.583. The first kappa shape index (κ1) is 11.2. The highest BCUT2D eigenvalue weighted by Gasteiger charge is 2.12. The lowest BCUT2D eigenvalue weighted by molar-refractivity contribution is 0.433. The first-order valence-corrected chi connectivity index (χ1v) is 6.57. The highest BCUT2D eigenvalue weighted by Crippen LogP contribution is 2.27. The van der Waals surface area contributed by atoms with Gasteiger partial charge in [-0.25, -0.2) is 0 Å². The van der Waals surface area contributed by atoms with Gasteiger partial charge in [-0.3, -0.25) is 0 Å². The van der Waals surface area contributed by atoms with Crippen LogP contribution in [-0.4, -0.2) is 10.1 Å². The maximum absolute atomic E-state index is 5.30. The Morgan fingerprint density at radius 2 is 2.06 bits per heavy atom. The van der Waals surface area contributed by atoms with Crippen LogP contribution < -0.4 is 0 Å². The van der Waals surface area contributed by atoms with Crippen LogP contribution in [0.15, 0.2) is 40.2 Å². The molecular weight excluding hydrogens is 244 g/mol. The lowest BCUT2D eigenvalue weighted by atomic mass is 10.1. The van der Waals surface area contributed by atoms with E-state index in [1.807, 2.05) is 23.6 Å². The maximum atomic E-state index is 5.30. The van der Waals surface area contributed by atoms with Crippen molar-refractivity contribution in [2.45, 2.75) is 13.8 Å². The molecule has 1 aromatic carbocycles. The van der Waals surface area contributed by atoms with E-state index in [0.717, 1.165) is 16.0 Å². The van der Waals surface area contributed by atoms with Crippen LogP contribution >= 0.6 is 11.3 Å². The van der Waals surface area contributed by atoms with E-state index < -0.39 is 0 Å². The highest BCUT2D eigenvalue weighted by molar-refractivity contribution is 7.13. The molecule has 3 aromatic rings. The molecule has 0 saturated carbocycles. The summed E-state index contributed by atoms with van der Waals surface area (Å²) in [6.45, 7) is 4.13. The molecule has 0 fully saturated rings. The van der Waals surface area contributed by atoms with E-state index in [2.05, 4.69) is 36.1 Å². The van der Waals surface area contributed by atoms with Crippen molar-refractivity contribution in [2.24, 2.45) is 0 Å². The second-order valence-electron chi connectivity index (χ2n) is 4.22. The Morgan fingerprint density at radius 3 is 2.78 bits per heavy atom. The van der Waals surface area contributed by atoms with Crippen molar-refractivity contribution in [3.8, 4) is 22.2 Å². The molecule has 0 atom stereocenters. The number of hydrogen-bond donors (Lipinski definition) is 0. The summed E-state index contributed by atoms with van der Waals surface area (Å²) in [5.74, 6) is 1.23. The van der Waals surface area contributed by atoms with Crippen LogP contribution in [0.25, 0.3) is 22.2 Å². The van der Waals surface area contributed by atoms with Crippen molar-refractivity contribution in [3.05, 3.63) is 46.8 Å². The molecule has 0 saturated heterocycles. The monoisotopic (exact) mass is 256 g/mol. The van der Waals surface area contributed by atoms with Gasteiger partial charge in [0, 0.05) is 5.56 Å². The number of hydrogen-bond acceptors (Lipinski definition) is 4. The summed E-state index contributed by atoms with van der Waals surface area (Å²) < 4.78 is 5.30. The zero-order valence-corrected chi connectivity index (χ0v) is 11.0. The van der Waals surface area contributed by atoms with Gasteiger partial charge in [-0.2, -0.15) is 4.98 Å². The highest BCUT2D eigenvalue weighted by atomic mass is 32.1. The largest absolute Gasteiger partial charge is 0.333 e. The molecule has 0 spiro atoms. The van der Waals surface area contributed by atoms with Crippen LogP contribution in [0.5, 0.6) is 0 Å². The van der Waals surface area contributed by atoms with Gasteiger partial charge in [0.2, 0.25) is 5.82 Å². The van der Waals surface area contributed by atoms with Gasteiger partial charge in [-0.15, -0.1) is 11.3 Å². The molecule has 18 heavy (non-hydrogen) atoms. The van der Waals surface area contributed by atoms with E-state index >= 15 is 0 Å². The average molecular weight is 256 g/mol. The summed E-state index contributed by atoms with van der Waals surface area (Å²) in [7, 11) is 0. The van der Waals surface area contributed by atoms with Crippen LogP contribution in [0.4, 0.5) is 0 Å². The quantitative estimate of drug-likeness (QED) is 0.693. The standard InChI is InChI=1S/C14H12N2OS/c1-9-5-6-11(10(2)8-9)13-15-14(17-16-13)12-4-3-7-18-12/h3-8H,1-2H3. The second-order valence-corrected chi connectivity index (χ2v) is 5.17. The van der Waals surface area contributed by atoms with Crippen molar-refractivity contribution in [3.63, 3.8) is 0 Å². The number of thiophene rings is 1. The fourth-order valence-electron chi connectivity index (χ4n) is 1.90. The van der Waals surface area contributed by atoms with Gasteiger partial charge < -0.3 is 4.52 Å².